The Hall–Kier alpha value is -3.19. The first-order chi connectivity index (χ1) is 11.2. The molecule has 3 aromatic rings. The van der Waals surface area contributed by atoms with Crippen molar-refractivity contribution in [3.05, 3.63) is 60.2 Å². The molecule has 0 saturated heterocycles. The van der Waals surface area contributed by atoms with E-state index >= 15 is 0 Å². The lowest BCUT2D eigenvalue weighted by atomic mass is 10.00. The van der Waals surface area contributed by atoms with Crippen LogP contribution in [0, 0.1) is 11.3 Å². The van der Waals surface area contributed by atoms with Crippen molar-refractivity contribution in [2.75, 3.05) is 0 Å². The Kier molecular flexibility index (Phi) is 4.03. The topological polar surface area (TPSA) is 63.0 Å². The lowest BCUT2D eigenvalue weighted by Gasteiger charge is -2.15. The van der Waals surface area contributed by atoms with Gasteiger partial charge in [-0.25, -0.2) is 4.98 Å². The third-order valence-electron chi connectivity index (χ3n) is 3.49. The predicted octanol–water partition coefficient (Wildman–Crippen LogP) is 3.89. The Morgan fingerprint density at radius 1 is 1.13 bits per heavy atom. The highest BCUT2D eigenvalue weighted by molar-refractivity contribution is 5.92. The van der Waals surface area contributed by atoms with Gasteiger partial charge in [0.1, 0.15) is 5.75 Å². The van der Waals surface area contributed by atoms with Gasteiger partial charge in [0.2, 0.25) is 0 Å². The van der Waals surface area contributed by atoms with Gasteiger partial charge in [0.25, 0.3) is 0 Å². The fraction of sp³-hybridized carbons (Fsp3) is 0.105. The number of fused-ring (bicyclic) bond motifs is 1. The number of benzene rings is 2. The minimum Gasteiger partial charge on any atom is -0.426 e. The number of esters is 1. The van der Waals surface area contributed by atoms with E-state index in [0.29, 0.717) is 17.0 Å². The van der Waals surface area contributed by atoms with Crippen LogP contribution in [0.2, 0.25) is 0 Å². The second-order valence-electron chi connectivity index (χ2n) is 5.08. The molecule has 3 rings (SSSR count). The van der Waals surface area contributed by atoms with Crippen LogP contribution in [-0.2, 0) is 11.2 Å². The zero-order chi connectivity index (χ0) is 16.2. The van der Waals surface area contributed by atoms with Crippen LogP contribution in [0.15, 0.2) is 54.6 Å². The van der Waals surface area contributed by atoms with Crippen molar-refractivity contribution in [3.8, 4) is 23.1 Å². The summed E-state index contributed by atoms with van der Waals surface area (Å²) in [5.74, 6) is 0.00283. The molecule has 23 heavy (non-hydrogen) atoms. The first-order valence-electron chi connectivity index (χ1n) is 7.23. The second kappa shape index (κ2) is 6.29. The van der Waals surface area contributed by atoms with Gasteiger partial charge in [-0.2, -0.15) is 5.26 Å². The molecule has 0 aliphatic carbocycles. The number of ether oxygens (including phenoxy) is 1. The summed E-state index contributed by atoms with van der Waals surface area (Å²) in [6, 6.07) is 19.2. The number of pyridine rings is 1. The SMILES string of the molecule is CC(=O)Oc1c(CC#N)c(-c2ccccc2)nc2ccccc12. The van der Waals surface area contributed by atoms with Gasteiger partial charge in [0.05, 0.1) is 23.7 Å². The van der Waals surface area contributed by atoms with Crippen LogP contribution < -0.4 is 4.74 Å². The quantitative estimate of drug-likeness (QED) is 0.688. The molecule has 0 amide bonds. The maximum Gasteiger partial charge on any atom is 0.308 e. The van der Waals surface area contributed by atoms with Crippen LogP contribution >= 0.6 is 0 Å². The molecule has 1 aromatic heterocycles. The third-order valence-corrected chi connectivity index (χ3v) is 3.49. The lowest BCUT2D eigenvalue weighted by molar-refractivity contribution is -0.131. The normalized spacial score (nSPS) is 10.3. The van der Waals surface area contributed by atoms with E-state index in [9.17, 15) is 10.1 Å². The Morgan fingerprint density at radius 2 is 1.83 bits per heavy atom. The van der Waals surface area contributed by atoms with Crippen LogP contribution in [0.4, 0.5) is 0 Å². The average molecular weight is 302 g/mol. The summed E-state index contributed by atoms with van der Waals surface area (Å²) in [5.41, 5.74) is 2.91. The number of hydrogen-bond acceptors (Lipinski definition) is 4. The van der Waals surface area contributed by atoms with E-state index in [1.165, 1.54) is 6.92 Å². The zero-order valence-electron chi connectivity index (χ0n) is 12.6. The molecule has 4 nitrogen and oxygen atoms in total. The second-order valence-corrected chi connectivity index (χ2v) is 5.08. The summed E-state index contributed by atoms with van der Waals surface area (Å²) in [5, 5.41) is 9.93. The standard InChI is InChI=1S/C19H14N2O2/c1-13(22)23-19-15-9-5-6-10-17(15)21-18(16(19)11-12-20)14-7-3-2-4-8-14/h2-10H,11H2,1H3. The number of aromatic nitrogens is 1. The molecule has 0 unspecified atom stereocenters. The molecule has 0 bridgehead atoms. The van der Waals surface area contributed by atoms with Gasteiger partial charge in [-0.3, -0.25) is 4.79 Å². The van der Waals surface area contributed by atoms with Crippen molar-refractivity contribution in [2.45, 2.75) is 13.3 Å². The molecule has 0 radical (unpaired) electrons. The van der Waals surface area contributed by atoms with Crippen LogP contribution in [0.3, 0.4) is 0 Å². The first kappa shape index (κ1) is 14.7. The molecule has 0 saturated carbocycles. The van der Waals surface area contributed by atoms with Crippen LogP contribution in [0.25, 0.3) is 22.2 Å². The van der Waals surface area contributed by atoms with Gasteiger partial charge in [-0.15, -0.1) is 0 Å². The molecule has 4 heteroatoms. The molecule has 0 spiro atoms. The summed E-state index contributed by atoms with van der Waals surface area (Å²) in [6.07, 6.45) is 0.116. The summed E-state index contributed by atoms with van der Waals surface area (Å²) >= 11 is 0. The van der Waals surface area contributed by atoms with Gasteiger partial charge in [-0.05, 0) is 12.1 Å². The fourth-order valence-corrected chi connectivity index (χ4v) is 2.56. The highest BCUT2D eigenvalue weighted by atomic mass is 16.5. The van der Waals surface area contributed by atoms with Crippen LogP contribution in [0.1, 0.15) is 12.5 Å². The van der Waals surface area contributed by atoms with Crippen molar-refractivity contribution in [1.29, 1.82) is 5.26 Å². The molecule has 1 heterocycles. The fourth-order valence-electron chi connectivity index (χ4n) is 2.56. The summed E-state index contributed by atoms with van der Waals surface area (Å²) in [7, 11) is 0. The number of carbonyl (C=O) groups excluding carboxylic acids is 1. The van der Waals surface area contributed by atoms with Crippen molar-refractivity contribution < 1.29 is 9.53 Å². The van der Waals surface area contributed by atoms with Gasteiger partial charge < -0.3 is 4.74 Å². The predicted molar refractivity (Wildman–Crippen MR) is 87.8 cm³/mol. The molecular weight excluding hydrogens is 288 g/mol. The van der Waals surface area contributed by atoms with E-state index in [0.717, 1.165) is 16.5 Å². The molecular formula is C19H14N2O2. The molecule has 0 atom stereocenters. The van der Waals surface area contributed by atoms with Crippen LogP contribution in [-0.4, -0.2) is 11.0 Å². The number of carbonyl (C=O) groups is 1. The van der Waals surface area contributed by atoms with Crippen molar-refractivity contribution in [3.63, 3.8) is 0 Å². The Bertz CT molecular complexity index is 912. The Balaban J connectivity index is 2.37. The highest BCUT2D eigenvalue weighted by Crippen LogP contribution is 2.36. The Labute approximate surface area is 134 Å². The summed E-state index contributed by atoms with van der Waals surface area (Å²) < 4.78 is 5.44. The van der Waals surface area contributed by atoms with E-state index < -0.39 is 5.97 Å². The van der Waals surface area contributed by atoms with E-state index in [-0.39, 0.29) is 6.42 Å². The Morgan fingerprint density at radius 3 is 2.52 bits per heavy atom. The highest BCUT2D eigenvalue weighted by Gasteiger charge is 2.18. The molecule has 0 aliphatic rings. The minimum absolute atomic E-state index is 0.116. The molecule has 0 fully saturated rings. The van der Waals surface area contributed by atoms with Crippen molar-refractivity contribution in [2.24, 2.45) is 0 Å². The summed E-state index contributed by atoms with van der Waals surface area (Å²) in [4.78, 5) is 16.2. The monoisotopic (exact) mass is 302 g/mol. The number of rotatable bonds is 3. The van der Waals surface area contributed by atoms with E-state index in [1.807, 2.05) is 54.6 Å². The molecule has 2 aromatic carbocycles. The minimum atomic E-state index is -0.417. The number of nitrogens with zero attached hydrogens (tertiary/aromatic N) is 2. The first-order valence-corrected chi connectivity index (χ1v) is 7.23. The maximum absolute atomic E-state index is 11.5. The van der Waals surface area contributed by atoms with Gasteiger partial charge >= 0.3 is 5.97 Å². The molecule has 0 N–H and O–H groups in total. The van der Waals surface area contributed by atoms with Gasteiger partial charge in [0.15, 0.2) is 0 Å². The average Bonchev–Trinajstić information content (AvgIpc) is 2.57. The van der Waals surface area contributed by atoms with Gasteiger partial charge in [0, 0.05) is 23.4 Å². The lowest BCUT2D eigenvalue weighted by Crippen LogP contribution is -2.07. The van der Waals surface area contributed by atoms with Crippen molar-refractivity contribution >= 4 is 16.9 Å². The van der Waals surface area contributed by atoms with E-state index in [1.54, 1.807) is 0 Å². The smallest absolute Gasteiger partial charge is 0.308 e. The number of para-hydroxylation sites is 1. The van der Waals surface area contributed by atoms with E-state index in [2.05, 4.69) is 11.1 Å². The van der Waals surface area contributed by atoms with Crippen LogP contribution in [0.5, 0.6) is 5.75 Å². The molecule has 112 valence electrons. The zero-order valence-corrected chi connectivity index (χ0v) is 12.6. The van der Waals surface area contributed by atoms with Crippen molar-refractivity contribution in [1.82, 2.24) is 4.98 Å². The van der Waals surface area contributed by atoms with Gasteiger partial charge in [-0.1, -0.05) is 42.5 Å². The number of hydrogen-bond donors (Lipinski definition) is 0. The number of nitriles is 1. The third kappa shape index (κ3) is 2.90. The maximum atomic E-state index is 11.5. The molecule has 0 aliphatic heterocycles. The van der Waals surface area contributed by atoms with E-state index in [4.69, 9.17) is 4.74 Å². The largest absolute Gasteiger partial charge is 0.426 e. The summed E-state index contributed by atoms with van der Waals surface area (Å²) in [6.45, 7) is 1.35.